The lowest BCUT2D eigenvalue weighted by atomic mass is 10.1. The predicted molar refractivity (Wildman–Crippen MR) is 130 cm³/mol. The Morgan fingerprint density at radius 1 is 1.24 bits per heavy atom. The minimum absolute atomic E-state index is 0.0767. The fraction of sp³-hybridized carbons (Fsp3) is 0.318. The minimum atomic E-state index is -2.59. The fourth-order valence-electron chi connectivity index (χ4n) is 3.56. The first-order valence-electron chi connectivity index (χ1n) is 10.2. The monoisotopic (exact) mass is 494 g/mol. The molecular weight excluding hydrogens is 471 g/mol. The van der Waals surface area contributed by atoms with E-state index in [1.54, 1.807) is 12.1 Å². The van der Waals surface area contributed by atoms with E-state index >= 15 is 0 Å². The number of fused-ring (bicyclic) bond motifs is 1. The van der Waals surface area contributed by atoms with Crippen molar-refractivity contribution in [2.24, 2.45) is 0 Å². The Hall–Kier alpha value is -2.82. The summed E-state index contributed by atoms with van der Waals surface area (Å²) in [4.78, 5) is 8.62. The molecule has 3 aromatic rings. The summed E-state index contributed by atoms with van der Waals surface area (Å²) in [6.45, 7) is 1.20. The van der Waals surface area contributed by atoms with E-state index in [-0.39, 0.29) is 16.9 Å². The van der Waals surface area contributed by atoms with Crippen molar-refractivity contribution in [1.82, 2.24) is 9.97 Å². The number of halogens is 2. The van der Waals surface area contributed by atoms with Crippen molar-refractivity contribution in [1.29, 1.82) is 0 Å². The molecule has 4 rings (SSSR count). The molecule has 0 bridgehead atoms. The normalized spacial score (nSPS) is 16.2. The summed E-state index contributed by atoms with van der Waals surface area (Å²) in [5.41, 5.74) is 1.40. The van der Waals surface area contributed by atoms with Gasteiger partial charge in [0.05, 0.1) is 47.6 Å². The topological polar surface area (TPSA) is 94.6 Å². The van der Waals surface area contributed by atoms with Gasteiger partial charge in [-0.2, -0.15) is 0 Å². The molecule has 2 N–H and O–H groups in total. The first-order valence-corrected chi connectivity index (χ1v) is 12.7. The van der Waals surface area contributed by atoms with Crippen molar-refractivity contribution in [3.8, 4) is 11.5 Å². The predicted octanol–water partition coefficient (Wildman–Crippen LogP) is 4.41. The van der Waals surface area contributed by atoms with Gasteiger partial charge in [0.15, 0.2) is 5.75 Å². The van der Waals surface area contributed by atoms with Crippen molar-refractivity contribution >= 4 is 55.3 Å². The lowest BCUT2D eigenvalue weighted by molar-refractivity contribution is 0.0257. The average Bonchev–Trinajstić information content (AvgIpc) is 2.75. The quantitative estimate of drug-likeness (QED) is 0.470. The number of hydrogen-bond donors (Lipinski definition) is 2. The molecule has 33 heavy (non-hydrogen) atoms. The maximum Gasteiger partial charge on any atom is 0.162 e. The SMILES string of the molecule is C=S(C)(=O)Nc1cc2ncnc(Nc3ccc(F)cc3OC3CCOCC3)c2c(Cl)c1OC. The number of methoxy groups -OCH3 is 1. The summed E-state index contributed by atoms with van der Waals surface area (Å²) in [5, 5.41) is 3.89. The van der Waals surface area contributed by atoms with E-state index in [0.29, 0.717) is 47.1 Å². The van der Waals surface area contributed by atoms with E-state index in [2.05, 4.69) is 25.9 Å². The van der Waals surface area contributed by atoms with Gasteiger partial charge in [-0.1, -0.05) is 11.6 Å². The highest BCUT2D eigenvalue weighted by atomic mass is 35.5. The van der Waals surface area contributed by atoms with Gasteiger partial charge in [-0.15, -0.1) is 0 Å². The molecule has 2 aromatic carbocycles. The van der Waals surface area contributed by atoms with Crippen molar-refractivity contribution in [3.63, 3.8) is 0 Å². The van der Waals surface area contributed by atoms with Crippen LogP contribution in [0.2, 0.25) is 5.02 Å². The number of benzene rings is 2. The van der Waals surface area contributed by atoms with Crippen LogP contribution < -0.4 is 19.5 Å². The maximum atomic E-state index is 14.0. The number of nitrogens with zero attached hydrogens (tertiary/aromatic N) is 2. The first-order chi connectivity index (χ1) is 15.7. The molecule has 0 aliphatic carbocycles. The van der Waals surface area contributed by atoms with Crippen LogP contribution in [-0.4, -0.2) is 52.7 Å². The number of aromatic nitrogens is 2. The summed E-state index contributed by atoms with van der Waals surface area (Å²) in [6, 6.07) is 5.90. The lowest BCUT2D eigenvalue weighted by Crippen LogP contribution is -2.26. The maximum absolute atomic E-state index is 14.0. The zero-order chi connectivity index (χ0) is 23.6. The third-order valence-corrected chi connectivity index (χ3v) is 6.02. The summed E-state index contributed by atoms with van der Waals surface area (Å²) < 4.78 is 45.9. The average molecular weight is 495 g/mol. The molecule has 176 valence electrons. The van der Waals surface area contributed by atoms with Gasteiger partial charge in [0, 0.05) is 34.9 Å². The summed E-state index contributed by atoms with van der Waals surface area (Å²) >= 11 is 6.66. The molecule has 1 unspecified atom stereocenters. The van der Waals surface area contributed by atoms with E-state index in [4.69, 9.17) is 25.8 Å². The van der Waals surface area contributed by atoms with Crippen LogP contribution in [0.5, 0.6) is 11.5 Å². The van der Waals surface area contributed by atoms with Gasteiger partial charge >= 0.3 is 0 Å². The zero-order valence-electron chi connectivity index (χ0n) is 18.2. The molecule has 1 aliphatic heterocycles. The van der Waals surface area contributed by atoms with Crippen LogP contribution in [0.4, 0.5) is 21.6 Å². The highest BCUT2D eigenvalue weighted by Gasteiger charge is 2.21. The van der Waals surface area contributed by atoms with E-state index < -0.39 is 15.5 Å². The van der Waals surface area contributed by atoms with Crippen LogP contribution in [0.25, 0.3) is 10.9 Å². The second-order valence-electron chi connectivity index (χ2n) is 7.69. The molecule has 1 fully saturated rings. The van der Waals surface area contributed by atoms with Crippen LogP contribution in [0.15, 0.2) is 30.6 Å². The zero-order valence-corrected chi connectivity index (χ0v) is 19.8. The third-order valence-electron chi connectivity index (χ3n) is 5.01. The summed E-state index contributed by atoms with van der Waals surface area (Å²) in [7, 11) is -1.13. The molecule has 1 atom stereocenters. The van der Waals surface area contributed by atoms with Crippen LogP contribution in [0.1, 0.15) is 12.8 Å². The van der Waals surface area contributed by atoms with Crippen LogP contribution >= 0.6 is 11.6 Å². The Balaban J connectivity index is 1.75. The van der Waals surface area contributed by atoms with Crippen LogP contribution in [0.3, 0.4) is 0 Å². The molecule has 0 spiro atoms. The summed E-state index contributed by atoms with van der Waals surface area (Å²) in [5.74, 6) is 4.21. The molecule has 11 heteroatoms. The highest BCUT2D eigenvalue weighted by Crippen LogP contribution is 2.42. The Morgan fingerprint density at radius 2 is 2.00 bits per heavy atom. The molecule has 1 aliphatic rings. The van der Waals surface area contributed by atoms with Crippen molar-refractivity contribution in [2.45, 2.75) is 18.9 Å². The van der Waals surface area contributed by atoms with Crippen molar-refractivity contribution < 1.29 is 22.8 Å². The smallest absolute Gasteiger partial charge is 0.162 e. The van der Waals surface area contributed by atoms with Gasteiger partial charge in [-0.3, -0.25) is 0 Å². The molecule has 0 radical (unpaired) electrons. The Labute approximate surface area is 196 Å². The standard InChI is InChI=1S/C22H24ClFN4O4S/c1-30-21-17(28-33(2,3)29)11-16-19(20(21)23)22(26-12-25-16)27-15-5-4-13(24)10-18(15)32-14-6-8-31-9-7-14/h4-5,10-12,14H,2,6-9H2,1,3H3,(H,28,29)(H,25,26,27). The van der Waals surface area contributed by atoms with Gasteiger partial charge in [0.2, 0.25) is 0 Å². The highest BCUT2D eigenvalue weighted by molar-refractivity contribution is 8.00. The summed E-state index contributed by atoms with van der Waals surface area (Å²) in [6.07, 6.45) is 4.20. The van der Waals surface area contributed by atoms with Crippen LogP contribution in [0, 0.1) is 5.82 Å². The van der Waals surface area contributed by atoms with E-state index in [1.807, 2.05) is 0 Å². The number of ether oxygens (including phenoxy) is 3. The Kier molecular flexibility index (Phi) is 6.78. The number of nitrogens with one attached hydrogen (secondary N) is 2. The molecule has 0 amide bonds. The number of rotatable bonds is 7. The van der Waals surface area contributed by atoms with E-state index in [9.17, 15) is 8.60 Å². The Morgan fingerprint density at radius 3 is 2.70 bits per heavy atom. The van der Waals surface area contributed by atoms with Crippen LogP contribution in [-0.2, 0) is 14.4 Å². The minimum Gasteiger partial charge on any atom is -0.493 e. The second kappa shape index (κ2) is 9.58. The number of hydrogen-bond acceptors (Lipinski definition) is 7. The second-order valence-corrected chi connectivity index (χ2v) is 10.3. The fourth-order valence-corrected chi connectivity index (χ4v) is 4.54. The van der Waals surface area contributed by atoms with Gasteiger partial charge in [-0.05, 0) is 24.1 Å². The van der Waals surface area contributed by atoms with Gasteiger partial charge in [0.25, 0.3) is 0 Å². The van der Waals surface area contributed by atoms with E-state index in [1.165, 1.54) is 31.8 Å². The molecule has 1 saturated heterocycles. The van der Waals surface area contributed by atoms with Gasteiger partial charge in [0.1, 0.15) is 29.8 Å². The Bertz CT molecular complexity index is 1280. The molecule has 2 heterocycles. The van der Waals surface area contributed by atoms with Crippen molar-refractivity contribution in [3.05, 3.63) is 41.4 Å². The first kappa shape index (κ1) is 23.3. The van der Waals surface area contributed by atoms with E-state index in [0.717, 1.165) is 12.8 Å². The van der Waals surface area contributed by atoms with Gasteiger partial charge < -0.3 is 24.2 Å². The molecule has 0 saturated carbocycles. The molecule has 8 nitrogen and oxygen atoms in total. The number of anilines is 3. The lowest BCUT2D eigenvalue weighted by Gasteiger charge is -2.25. The largest absolute Gasteiger partial charge is 0.493 e. The van der Waals surface area contributed by atoms with Crippen molar-refractivity contribution in [2.75, 3.05) is 36.6 Å². The molecular formula is C22H24ClFN4O4S. The third kappa shape index (κ3) is 5.40. The molecule has 1 aromatic heterocycles. The van der Waals surface area contributed by atoms with Gasteiger partial charge in [-0.25, -0.2) is 18.6 Å².